The fourth-order valence-electron chi connectivity index (χ4n) is 5.09. The minimum atomic E-state index is 0.127. The smallest absolute Gasteiger partial charge is 0.141 e. The maximum absolute atomic E-state index is 9.35. The van der Waals surface area contributed by atoms with E-state index >= 15 is 0 Å². The van der Waals surface area contributed by atoms with Gasteiger partial charge >= 0.3 is 0 Å². The number of anilines is 1. The van der Waals surface area contributed by atoms with E-state index < -0.39 is 0 Å². The molecule has 6 rings (SSSR count). The molecule has 194 valence electrons. The molecule has 8 nitrogen and oxygen atoms in total. The number of hydrogen-bond acceptors (Lipinski definition) is 6. The molecule has 0 radical (unpaired) electrons. The van der Waals surface area contributed by atoms with E-state index in [1.807, 2.05) is 10.9 Å². The summed E-state index contributed by atoms with van der Waals surface area (Å²) in [5, 5.41) is 15.2. The topological polar surface area (TPSA) is 86.1 Å². The Morgan fingerprint density at radius 3 is 2.37 bits per heavy atom. The van der Waals surface area contributed by atoms with Crippen molar-refractivity contribution in [1.82, 2.24) is 29.6 Å². The van der Waals surface area contributed by atoms with Crippen LogP contribution in [-0.2, 0) is 6.54 Å². The van der Waals surface area contributed by atoms with Crippen LogP contribution in [-0.4, -0.2) is 74.6 Å². The number of rotatable bonds is 7. The van der Waals surface area contributed by atoms with E-state index in [0.717, 1.165) is 71.0 Å². The number of H-pyrrole nitrogens is 1. The maximum Gasteiger partial charge on any atom is 0.141 e. The number of aryl methyl sites for hydroxylation is 2. The van der Waals surface area contributed by atoms with Crippen molar-refractivity contribution >= 4 is 16.7 Å². The van der Waals surface area contributed by atoms with Crippen LogP contribution in [0.5, 0.6) is 0 Å². The van der Waals surface area contributed by atoms with Gasteiger partial charge in [0.25, 0.3) is 0 Å². The summed E-state index contributed by atoms with van der Waals surface area (Å²) in [7, 11) is 2.18. The number of piperazine rings is 1. The summed E-state index contributed by atoms with van der Waals surface area (Å²) in [4.78, 5) is 17.6. The fraction of sp³-hybridized carbons (Fsp3) is 0.300. The van der Waals surface area contributed by atoms with Crippen LogP contribution in [0.1, 0.15) is 12.0 Å². The number of nitrogens with one attached hydrogen (secondary N) is 1. The molecule has 1 fully saturated rings. The molecule has 1 saturated heterocycles. The Kier molecular flexibility index (Phi) is 6.66. The number of aliphatic hydroxyl groups excluding tert-OH is 1. The van der Waals surface area contributed by atoms with E-state index in [-0.39, 0.29) is 6.61 Å². The predicted molar refractivity (Wildman–Crippen MR) is 152 cm³/mol. The molecule has 0 atom stereocenters. The molecule has 5 aromatic rings. The first kappa shape index (κ1) is 24.3. The van der Waals surface area contributed by atoms with Crippen LogP contribution in [0.4, 0.5) is 5.69 Å². The molecule has 0 spiro atoms. The van der Waals surface area contributed by atoms with Gasteiger partial charge in [0.1, 0.15) is 17.7 Å². The molecule has 0 unspecified atom stereocenters. The van der Waals surface area contributed by atoms with E-state index in [2.05, 4.69) is 88.3 Å². The summed E-state index contributed by atoms with van der Waals surface area (Å²) in [6.45, 7) is 7.13. The zero-order chi connectivity index (χ0) is 26.1. The third-order valence-corrected chi connectivity index (χ3v) is 7.36. The predicted octanol–water partition coefficient (Wildman–Crippen LogP) is 4.60. The summed E-state index contributed by atoms with van der Waals surface area (Å²) in [6.07, 6.45) is 4.29. The number of hydrogen-bond donors (Lipinski definition) is 2. The van der Waals surface area contributed by atoms with Crippen LogP contribution in [0.3, 0.4) is 0 Å². The second kappa shape index (κ2) is 10.4. The third-order valence-electron chi connectivity index (χ3n) is 7.36. The fourth-order valence-corrected chi connectivity index (χ4v) is 5.09. The van der Waals surface area contributed by atoms with E-state index in [9.17, 15) is 5.11 Å². The first-order valence-corrected chi connectivity index (χ1v) is 13.2. The van der Waals surface area contributed by atoms with Crippen LogP contribution in [0.2, 0.25) is 0 Å². The molecule has 3 aromatic heterocycles. The van der Waals surface area contributed by atoms with Crippen LogP contribution in [0.15, 0.2) is 67.1 Å². The maximum atomic E-state index is 9.35. The van der Waals surface area contributed by atoms with Gasteiger partial charge in [-0.15, -0.1) is 0 Å². The summed E-state index contributed by atoms with van der Waals surface area (Å²) in [6, 6.07) is 19.3. The average molecular weight is 508 g/mol. The molecule has 1 aliphatic heterocycles. The number of fused-ring (bicyclic) bond motifs is 1. The minimum absolute atomic E-state index is 0.127. The Balaban J connectivity index is 1.37. The molecule has 0 amide bonds. The van der Waals surface area contributed by atoms with E-state index in [1.54, 1.807) is 6.33 Å². The van der Waals surface area contributed by atoms with Gasteiger partial charge in [-0.3, -0.25) is 4.68 Å². The zero-order valence-electron chi connectivity index (χ0n) is 21.9. The number of likely N-dealkylation sites (N-methyl/N-ethyl adjacent to an activating group) is 1. The van der Waals surface area contributed by atoms with E-state index in [4.69, 9.17) is 10.1 Å². The summed E-state index contributed by atoms with van der Waals surface area (Å²) >= 11 is 0. The third kappa shape index (κ3) is 4.80. The quantitative estimate of drug-likeness (QED) is 0.335. The summed E-state index contributed by atoms with van der Waals surface area (Å²) in [5.74, 6) is 0. The van der Waals surface area contributed by atoms with Crippen LogP contribution < -0.4 is 4.90 Å². The lowest BCUT2D eigenvalue weighted by Crippen LogP contribution is -2.44. The van der Waals surface area contributed by atoms with Gasteiger partial charge in [-0.1, -0.05) is 42.0 Å². The number of nitrogens with zero attached hydrogens (tertiary/aromatic N) is 6. The Morgan fingerprint density at radius 2 is 1.63 bits per heavy atom. The van der Waals surface area contributed by atoms with Crippen LogP contribution in [0, 0.1) is 6.92 Å². The molecular weight excluding hydrogens is 474 g/mol. The largest absolute Gasteiger partial charge is 0.396 e. The van der Waals surface area contributed by atoms with Crippen molar-refractivity contribution in [3.63, 3.8) is 0 Å². The average Bonchev–Trinajstić information content (AvgIpc) is 3.58. The normalized spacial score (nSPS) is 14.4. The molecule has 4 heterocycles. The second-order valence-electron chi connectivity index (χ2n) is 10.1. The lowest BCUT2D eigenvalue weighted by Gasteiger charge is -2.34. The van der Waals surface area contributed by atoms with Gasteiger partial charge in [0.2, 0.25) is 0 Å². The number of aliphatic hydroxyl groups is 1. The Labute approximate surface area is 222 Å². The summed E-state index contributed by atoms with van der Waals surface area (Å²) < 4.78 is 1.90. The van der Waals surface area contributed by atoms with Crippen LogP contribution in [0.25, 0.3) is 44.8 Å². The highest BCUT2D eigenvalue weighted by Gasteiger charge is 2.19. The van der Waals surface area contributed by atoms with Gasteiger partial charge in [-0.2, -0.15) is 5.10 Å². The molecule has 0 bridgehead atoms. The molecule has 1 aliphatic rings. The Morgan fingerprint density at radius 1 is 0.895 bits per heavy atom. The van der Waals surface area contributed by atoms with Crippen molar-refractivity contribution < 1.29 is 5.11 Å². The highest BCUT2D eigenvalue weighted by molar-refractivity contribution is 5.97. The van der Waals surface area contributed by atoms with Gasteiger partial charge in [-0.05, 0) is 44.2 Å². The van der Waals surface area contributed by atoms with E-state index in [1.165, 1.54) is 11.3 Å². The highest BCUT2D eigenvalue weighted by atomic mass is 16.3. The molecule has 2 N–H and O–H groups in total. The van der Waals surface area contributed by atoms with Gasteiger partial charge in [0, 0.05) is 73.4 Å². The van der Waals surface area contributed by atoms with Gasteiger partial charge < -0.3 is 19.9 Å². The van der Waals surface area contributed by atoms with Crippen molar-refractivity contribution in [1.29, 1.82) is 0 Å². The van der Waals surface area contributed by atoms with Gasteiger partial charge in [0.05, 0.1) is 5.69 Å². The number of aromatic amines is 1. The van der Waals surface area contributed by atoms with Crippen molar-refractivity contribution in [3.05, 3.63) is 72.7 Å². The molecular formula is C30H33N7O. The molecule has 2 aromatic carbocycles. The lowest BCUT2D eigenvalue weighted by molar-refractivity contribution is 0.277. The van der Waals surface area contributed by atoms with Crippen molar-refractivity contribution in [2.24, 2.45) is 0 Å². The van der Waals surface area contributed by atoms with Crippen molar-refractivity contribution in [3.8, 4) is 33.8 Å². The number of benzene rings is 2. The molecule has 8 heteroatoms. The molecule has 0 saturated carbocycles. The molecule has 38 heavy (non-hydrogen) atoms. The Bertz CT molecular complexity index is 1530. The standard InChI is InChI=1S/C30H33N7O/c1-21-4-6-23(7-5-21)28-26(19-37(34-28)12-3-17-38)29-25-18-27(33-30(25)32-20-31-29)22-8-10-24(11-9-22)36-15-13-35(2)14-16-36/h4-11,18-20,38H,3,12-17H2,1-2H3,(H,31,32,33). The minimum Gasteiger partial charge on any atom is -0.396 e. The first-order valence-electron chi connectivity index (χ1n) is 13.2. The van der Waals surface area contributed by atoms with Crippen molar-refractivity contribution in [2.75, 3.05) is 44.7 Å². The number of aromatic nitrogens is 5. The summed E-state index contributed by atoms with van der Waals surface area (Å²) in [5.41, 5.74) is 9.10. The molecule has 0 aliphatic carbocycles. The van der Waals surface area contributed by atoms with E-state index in [0.29, 0.717) is 13.0 Å². The zero-order valence-corrected chi connectivity index (χ0v) is 21.9. The van der Waals surface area contributed by atoms with Gasteiger partial charge in [0.15, 0.2) is 0 Å². The first-order chi connectivity index (χ1) is 18.6. The van der Waals surface area contributed by atoms with Crippen LogP contribution >= 0.6 is 0 Å². The Hall–Kier alpha value is -4.01. The van der Waals surface area contributed by atoms with Gasteiger partial charge in [-0.25, -0.2) is 9.97 Å². The second-order valence-corrected chi connectivity index (χ2v) is 10.1. The lowest BCUT2D eigenvalue weighted by atomic mass is 10.0. The monoisotopic (exact) mass is 507 g/mol. The van der Waals surface area contributed by atoms with Crippen molar-refractivity contribution in [2.45, 2.75) is 19.9 Å². The SMILES string of the molecule is Cc1ccc(-c2nn(CCCO)cc2-c2ncnc3[nH]c(-c4ccc(N5CCN(C)CC5)cc4)cc23)cc1. The highest BCUT2D eigenvalue weighted by Crippen LogP contribution is 2.35.